The van der Waals surface area contributed by atoms with Crippen molar-refractivity contribution in [1.82, 2.24) is 0 Å². The maximum absolute atomic E-state index is 12.8. The fourth-order valence-corrected chi connectivity index (χ4v) is 1.05. The summed E-state index contributed by atoms with van der Waals surface area (Å²) >= 11 is 10.2. The minimum atomic E-state index is -2.57. The Hall–Kier alpha value is -0.450. The lowest BCUT2D eigenvalue weighted by molar-refractivity contribution is 0.210. The summed E-state index contributed by atoms with van der Waals surface area (Å²) in [6.07, 6.45) is 0. The maximum Gasteiger partial charge on any atom is 0.244 e. The van der Waals surface area contributed by atoms with Crippen LogP contribution in [0, 0.1) is 17.5 Å². The highest BCUT2D eigenvalue weighted by Gasteiger charge is 2.29. The van der Waals surface area contributed by atoms with Gasteiger partial charge in [0.1, 0.15) is 0 Å². The van der Waals surface area contributed by atoms with Gasteiger partial charge in [0.2, 0.25) is 4.52 Å². The van der Waals surface area contributed by atoms with Gasteiger partial charge in [-0.3, -0.25) is 0 Å². The van der Waals surface area contributed by atoms with Crippen LogP contribution in [0.2, 0.25) is 0 Å². The van der Waals surface area contributed by atoms with E-state index in [1.165, 1.54) is 0 Å². The lowest BCUT2D eigenvalue weighted by Gasteiger charge is -2.13. The molecule has 0 aliphatic carbocycles. The number of alkyl halides is 2. The van der Waals surface area contributed by atoms with E-state index in [9.17, 15) is 13.2 Å². The van der Waals surface area contributed by atoms with E-state index in [0.717, 1.165) is 6.07 Å². The van der Waals surface area contributed by atoms with Gasteiger partial charge in [-0.1, -0.05) is 23.2 Å². The Balaban J connectivity index is 3.35. The van der Waals surface area contributed by atoms with Gasteiger partial charge >= 0.3 is 0 Å². The lowest BCUT2D eigenvalue weighted by Crippen LogP contribution is -2.12. The van der Waals surface area contributed by atoms with Gasteiger partial charge in [-0.05, 0) is 12.1 Å². The molecule has 1 aromatic carbocycles. The zero-order chi connectivity index (χ0) is 10.2. The van der Waals surface area contributed by atoms with Crippen molar-refractivity contribution in [3.05, 3.63) is 35.1 Å². The van der Waals surface area contributed by atoms with Crippen molar-refractivity contribution in [2.24, 2.45) is 0 Å². The largest absolute Gasteiger partial charge is 0.359 e. The van der Waals surface area contributed by atoms with Crippen LogP contribution in [0.5, 0.6) is 0 Å². The van der Waals surface area contributed by atoms with E-state index in [-0.39, 0.29) is 0 Å². The Morgan fingerprint density at radius 3 is 2.08 bits per heavy atom. The molecule has 0 aromatic heterocycles. The number of hydrogen-bond acceptors (Lipinski definition) is 1. The molecule has 0 radical (unpaired) electrons. The van der Waals surface area contributed by atoms with Crippen molar-refractivity contribution < 1.29 is 18.3 Å². The average molecular weight is 231 g/mol. The number of benzene rings is 1. The van der Waals surface area contributed by atoms with Crippen LogP contribution in [-0.2, 0) is 4.52 Å². The Bertz CT molecular complexity index is 335. The van der Waals surface area contributed by atoms with Gasteiger partial charge in [0, 0.05) is 0 Å². The van der Waals surface area contributed by atoms with Crippen molar-refractivity contribution in [2.45, 2.75) is 4.52 Å². The van der Waals surface area contributed by atoms with Gasteiger partial charge in [-0.25, -0.2) is 13.2 Å². The van der Waals surface area contributed by atoms with Crippen molar-refractivity contribution in [3.8, 4) is 0 Å². The van der Waals surface area contributed by atoms with Crippen molar-refractivity contribution in [3.63, 3.8) is 0 Å². The highest BCUT2D eigenvalue weighted by atomic mass is 35.5. The molecule has 6 heteroatoms. The first-order chi connectivity index (χ1) is 5.84. The number of halogens is 5. The summed E-state index contributed by atoms with van der Waals surface area (Å²) in [6, 6.07) is 1.37. The van der Waals surface area contributed by atoms with E-state index in [4.69, 9.17) is 28.3 Å². The molecule has 0 aliphatic rings. The molecule has 0 saturated heterocycles. The first-order valence-corrected chi connectivity index (χ1v) is 3.84. The van der Waals surface area contributed by atoms with Crippen molar-refractivity contribution in [1.29, 1.82) is 0 Å². The van der Waals surface area contributed by atoms with Crippen LogP contribution in [0.25, 0.3) is 0 Å². The molecule has 0 amide bonds. The standard InChI is InChI=1S/C7H3Cl2F3O/c8-7(9,13)3-1-2-4(10)6(12)5(3)11/h1-2,13H. The topological polar surface area (TPSA) is 20.2 Å². The first-order valence-electron chi connectivity index (χ1n) is 3.08. The molecule has 1 N–H and O–H groups in total. The summed E-state index contributed by atoms with van der Waals surface area (Å²) in [5, 5.41) is 8.89. The molecule has 1 nitrogen and oxygen atoms in total. The van der Waals surface area contributed by atoms with Crippen molar-refractivity contribution in [2.75, 3.05) is 0 Å². The second-order valence-electron chi connectivity index (χ2n) is 2.26. The fraction of sp³-hybridized carbons (Fsp3) is 0.143. The highest BCUT2D eigenvalue weighted by Crippen LogP contribution is 2.33. The average Bonchev–Trinajstić information content (AvgIpc) is 1.98. The molecule has 0 saturated carbocycles. The maximum atomic E-state index is 12.8. The van der Waals surface area contributed by atoms with E-state index in [1.807, 2.05) is 0 Å². The van der Waals surface area contributed by atoms with E-state index in [1.54, 1.807) is 0 Å². The third-order valence-electron chi connectivity index (χ3n) is 1.36. The SMILES string of the molecule is OC(Cl)(Cl)c1ccc(F)c(F)c1F. The van der Waals surface area contributed by atoms with Gasteiger partial charge in [0.25, 0.3) is 0 Å². The molecular formula is C7H3Cl2F3O. The molecule has 0 spiro atoms. The van der Waals surface area contributed by atoms with Crippen LogP contribution in [0.1, 0.15) is 5.56 Å². The van der Waals surface area contributed by atoms with Crippen molar-refractivity contribution >= 4 is 23.2 Å². The predicted octanol–water partition coefficient (Wildman–Crippen LogP) is 2.68. The summed E-state index contributed by atoms with van der Waals surface area (Å²) in [4.78, 5) is 0. The monoisotopic (exact) mass is 230 g/mol. The summed E-state index contributed by atoms with van der Waals surface area (Å²) in [7, 11) is 0. The molecule has 0 bridgehead atoms. The third-order valence-corrected chi connectivity index (χ3v) is 1.77. The van der Waals surface area contributed by atoms with Gasteiger partial charge in [0.15, 0.2) is 17.5 Å². The van der Waals surface area contributed by atoms with Crippen LogP contribution in [0.4, 0.5) is 13.2 Å². The number of hydrogen-bond donors (Lipinski definition) is 1. The first kappa shape index (κ1) is 10.6. The van der Waals surface area contributed by atoms with E-state index < -0.39 is 27.5 Å². The smallest absolute Gasteiger partial charge is 0.244 e. The Labute approximate surface area is 81.7 Å². The lowest BCUT2D eigenvalue weighted by atomic mass is 10.2. The van der Waals surface area contributed by atoms with Crippen LogP contribution in [0.15, 0.2) is 12.1 Å². The molecule has 72 valence electrons. The minimum Gasteiger partial charge on any atom is -0.359 e. The van der Waals surface area contributed by atoms with Crippen LogP contribution < -0.4 is 0 Å². The molecule has 0 fully saturated rings. The van der Waals surface area contributed by atoms with Gasteiger partial charge in [0.05, 0.1) is 5.56 Å². The quantitative estimate of drug-likeness (QED) is 0.581. The normalized spacial score (nSPS) is 11.8. The number of rotatable bonds is 1. The predicted molar refractivity (Wildman–Crippen MR) is 41.9 cm³/mol. The second-order valence-corrected chi connectivity index (χ2v) is 3.55. The van der Waals surface area contributed by atoms with Crippen LogP contribution >= 0.6 is 23.2 Å². The van der Waals surface area contributed by atoms with E-state index in [0.29, 0.717) is 6.07 Å². The molecule has 13 heavy (non-hydrogen) atoms. The van der Waals surface area contributed by atoms with Gasteiger partial charge < -0.3 is 5.11 Å². The Morgan fingerprint density at radius 1 is 1.08 bits per heavy atom. The summed E-state index contributed by atoms with van der Waals surface area (Å²) in [5.41, 5.74) is -0.727. The number of aliphatic hydroxyl groups is 1. The molecule has 0 unspecified atom stereocenters. The van der Waals surface area contributed by atoms with E-state index in [2.05, 4.69) is 0 Å². The molecule has 0 atom stereocenters. The zero-order valence-electron chi connectivity index (χ0n) is 5.99. The summed E-state index contributed by atoms with van der Waals surface area (Å²) in [6.45, 7) is 0. The molecular weight excluding hydrogens is 228 g/mol. The minimum absolute atomic E-state index is 0.615. The summed E-state index contributed by atoms with van der Waals surface area (Å²) in [5.74, 6) is -4.71. The van der Waals surface area contributed by atoms with E-state index >= 15 is 0 Å². The summed E-state index contributed by atoms with van der Waals surface area (Å²) < 4.78 is 35.2. The zero-order valence-corrected chi connectivity index (χ0v) is 7.50. The Kier molecular flexibility index (Phi) is 2.75. The van der Waals surface area contributed by atoms with Crippen LogP contribution in [-0.4, -0.2) is 5.11 Å². The molecule has 1 rings (SSSR count). The van der Waals surface area contributed by atoms with Gasteiger partial charge in [-0.2, -0.15) is 0 Å². The molecule has 1 aromatic rings. The highest BCUT2D eigenvalue weighted by molar-refractivity contribution is 6.46. The second kappa shape index (κ2) is 3.36. The van der Waals surface area contributed by atoms with Gasteiger partial charge in [-0.15, -0.1) is 0 Å². The fourth-order valence-electron chi connectivity index (χ4n) is 0.758. The van der Waals surface area contributed by atoms with Crippen LogP contribution in [0.3, 0.4) is 0 Å². The Morgan fingerprint density at radius 2 is 1.62 bits per heavy atom. The third kappa shape index (κ3) is 2.07. The molecule has 0 heterocycles. The molecule has 0 aliphatic heterocycles.